The number of benzene rings is 8. The Kier molecular flexibility index (Phi) is 33.3. The van der Waals surface area contributed by atoms with Crippen LogP contribution in [0.25, 0.3) is 44.7 Å². The highest BCUT2D eigenvalue weighted by atomic mass is 19.4. The Bertz CT molecular complexity index is 7070. The van der Waals surface area contributed by atoms with E-state index in [1.54, 1.807) is 106 Å². The van der Waals surface area contributed by atoms with E-state index in [0.29, 0.717) is 41.7 Å². The summed E-state index contributed by atoms with van der Waals surface area (Å²) in [6.45, 7) is 35.3. The van der Waals surface area contributed by atoms with E-state index in [-0.39, 0.29) is 42.0 Å². The van der Waals surface area contributed by atoms with Crippen LogP contribution in [0, 0.1) is 25.5 Å². The van der Waals surface area contributed by atoms with Crippen molar-refractivity contribution in [3.63, 3.8) is 0 Å². The molecule has 1 amide bonds. The van der Waals surface area contributed by atoms with E-state index >= 15 is 0 Å². The quantitative estimate of drug-likeness (QED) is 0.0728. The molecule has 21 nitrogen and oxygen atoms in total. The van der Waals surface area contributed by atoms with Crippen LogP contribution in [0.5, 0.6) is 23.0 Å². The predicted octanol–water partition coefficient (Wildman–Crippen LogP) is 26.4. The number of nitrogens with zero attached hydrogens (tertiary/aromatic N) is 13. The summed E-state index contributed by atoms with van der Waals surface area (Å²) in [6, 6.07) is 55.9. The number of carbonyl (C=O) groups is 1. The zero-order valence-corrected chi connectivity index (χ0v) is 78.0. The van der Waals surface area contributed by atoms with Crippen molar-refractivity contribution in [3.05, 3.63) is 469 Å². The fraction of sp³-hybridized carbons (Fsp3) is 0.135. The maximum atomic E-state index is 13.1. The molecule has 140 heavy (non-hydrogen) atoms. The first kappa shape index (κ1) is 102. The maximum absolute atomic E-state index is 13.1. The summed E-state index contributed by atoms with van der Waals surface area (Å²) < 4.78 is 125. The standard InChI is InChI=1S/C20H23N3O.C19H13F4NO.C19H15FN2O2.C19H21N3O.C18H16F3N3O.C15H13N3.CH4/c1-6-24-18-7-8-20(15(3)10-18)23-13-19(14(2)9-16(23)4)17-11-21-22(5)12-17;1-13-2-3-15(14-4-6-16(20)7-5-14)12-24(13)17-8-10-18(11-9-17)25-19(21,22)23;1-13(23)21-17-3-2-4-18(11-17)22-12-15(7-10-19(22)24)14-5-8-16(20)9-6-14;1-5-23-18-8-9-19(14(2)10-18)22-13-16(7-6-15(22)3)17-11-20-21(4)12-17;1-12-8-13(2)24(11-17(12)14-9-22-23(3)10-14)15-4-6-16(7-5-15)25-18(19,20)21;1-12-7-8-13(14-9-16-17-10-14)11-18(12)15-5-3-2-4-6-15;/h7-13H,4,6H2,1-3,5H3;2-12H,1H2;2-12H,1H3,(H,21,23);6-13H,3,5H2,1-2,4H3;4-11H,2H2,1,3H3;2-11H,1H2,(H,16,17);1H4. The average Bonchev–Trinajstić information content (AvgIpc) is 1.35. The Labute approximate surface area is 808 Å². The number of carbonyl (C=O) groups excluding carboxylic acids is 1. The number of hydrogen-bond donors (Lipinski definition) is 2. The number of nitrogens with one attached hydrogen (secondary N) is 2. The Balaban J connectivity index is 0.000000150. The number of halogens is 8. The minimum Gasteiger partial charge on any atom is -0.494 e. The summed E-state index contributed by atoms with van der Waals surface area (Å²) in [5, 5.41) is 22.2. The van der Waals surface area contributed by atoms with Crippen LogP contribution in [0.4, 0.5) is 69.2 Å². The molecule has 0 saturated carbocycles. The minimum atomic E-state index is -4.73. The molecule has 0 saturated heterocycles. The number of anilines is 6. The molecule has 29 heteroatoms. The largest absolute Gasteiger partial charge is 0.573 e. The van der Waals surface area contributed by atoms with Crippen LogP contribution >= 0.6 is 0 Å². The van der Waals surface area contributed by atoms with Gasteiger partial charge in [0.1, 0.15) is 34.6 Å². The lowest BCUT2D eigenvalue weighted by molar-refractivity contribution is -0.275. The molecule has 5 aliphatic heterocycles. The number of hydrogen-bond acceptors (Lipinski definition) is 15. The summed E-state index contributed by atoms with van der Waals surface area (Å²) in [6.07, 6.45) is 33.2. The van der Waals surface area contributed by atoms with Gasteiger partial charge >= 0.3 is 12.7 Å². The molecule has 5 aliphatic rings. The molecule has 0 fully saturated rings. The Hall–Kier alpha value is -17.2. The smallest absolute Gasteiger partial charge is 0.494 e. The van der Waals surface area contributed by atoms with E-state index in [1.807, 2.05) is 162 Å². The number of para-hydroxylation sites is 1. The van der Waals surface area contributed by atoms with Gasteiger partial charge in [-0.15, -0.1) is 26.3 Å². The van der Waals surface area contributed by atoms with E-state index in [0.717, 1.165) is 135 Å². The third-order valence-electron chi connectivity index (χ3n) is 21.7. The van der Waals surface area contributed by atoms with E-state index in [1.165, 1.54) is 83.8 Å². The van der Waals surface area contributed by atoms with Crippen LogP contribution in [0.2, 0.25) is 0 Å². The topological polar surface area (TPSA) is 186 Å². The number of amides is 1. The minimum absolute atomic E-state index is 0. The molecule has 0 atom stereocenters. The molecule has 18 rings (SSSR count). The molecule has 0 aliphatic carbocycles. The van der Waals surface area contributed by atoms with Crippen molar-refractivity contribution in [1.82, 2.24) is 44.1 Å². The van der Waals surface area contributed by atoms with Gasteiger partial charge in [-0.05, 0) is 262 Å². The Morgan fingerprint density at radius 2 is 0.807 bits per heavy atom. The highest BCUT2D eigenvalue weighted by Gasteiger charge is 2.33. The second-order valence-corrected chi connectivity index (χ2v) is 32.0. The van der Waals surface area contributed by atoms with Crippen molar-refractivity contribution >= 4 is 67.9 Å². The van der Waals surface area contributed by atoms with E-state index in [4.69, 9.17) is 9.47 Å². The van der Waals surface area contributed by atoms with Crippen LogP contribution in [0.3, 0.4) is 0 Å². The van der Waals surface area contributed by atoms with Crippen molar-refractivity contribution in [2.45, 2.75) is 68.6 Å². The van der Waals surface area contributed by atoms with Crippen LogP contribution in [-0.4, -0.2) is 76.0 Å². The number of aryl methyl sites for hydroxylation is 5. The predicted molar refractivity (Wildman–Crippen MR) is 543 cm³/mol. The highest BCUT2D eigenvalue weighted by molar-refractivity contribution is 5.90. The molecular formula is C111H105F8N15O6. The number of allylic oxidation sites excluding steroid dienone is 15. The van der Waals surface area contributed by atoms with Gasteiger partial charge in [0.25, 0.3) is 5.56 Å². The zero-order chi connectivity index (χ0) is 99.4. The molecule has 0 radical (unpaired) electrons. The molecule has 13 aromatic rings. The lowest BCUT2D eigenvalue weighted by Crippen LogP contribution is -2.19. The summed E-state index contributed by atoms with van der Waals surface area (Å²) >= 11 is 0. The third-order valence-corrected chi connectivity index (χ3v) is 21.7. The SMILES string of the molecule is C.C=C1C=C(C)C(c2cnn(C)c2)=CN1c1ccc(OC(F)(F)F)cc1.C=C1C=C(C)C(c2cnn(C)c2)=CN1c1ccc(OCC)cc1C.C=C1C=CC(c2ccc(F)cc2)=CN1c1ccc(OC(F)(F)F)cc1.C=C1C=CC(c2cn[nH]c2)=CN1c1ccccc1.C=C1C=CC(c2cnn(C)c2)=CN1c1ccc(OCC)cc1C.CC(=O)Nc1cccc(-n2cc(-c3ccc(F)cc3)ccc2=O)c1. The van der Waals surface area contributed by atoms with Gasteiger partial charge in [0, 0.05) is 203 Å². The summed E-state index contributed by atoms with van der Waals surface area (Å²) in [5.74, 6) is 0.410. The molecule has 0 spiro atoms. The number of alkyl halides is 6. The van der Waals surface area contributed by atoms with Gasteiger partial charge in [0.2, 0.25) is 5.91 Å². The van der Waals surface area contributed by atoms with E-state index in [2.05, 4.69) is 176 Å². The number of aromatic nitrogens is 9. The molecular weight excluding hydrogens is 1790 g/mol. The van der Waals surface area contributed by atoms with E-state index in [9.17, 15) is 44.7 Å². The van der Waals surface area contributed by atoms with Crippen molar-refractivity contribution in [1.29, 1.82) is 0 Å². The van der Waals surface area contributed by atoms with Crippen molar-refractivity contribution in [3.8, 4) is 39.8 Å². The first-order valence-corrected chi connectivity index (χ1v) is 43.7. The van der Waals surface area contributed by atoms with Gasteiger partial charge < -0.3 is 48.8 Å². The van der Waals surface area contributed by atoms with Crippen molar-refractivity contribution in [2.75, 3.05) is 43.0 Å². The second kappa shape index (κ2) is 45.9. The zero-order valence-electron chi connectivity index (χ0n) is 78.0. The first-order valence-electron chi connectivity index (χ1n) is 43.7. The van der Waals surface area contributed by atoms with Gasteiger partial charge in [-0.2, -0.15) is 20.4 Å². The Morgan fingerprint density at radius 3 is 1.25 bits per heavy atom. The molecule has 8 aromatic carbocycles. The van der Waals surface area contributed by atoms with Gasteiger partial charge in [0.15, 0.2) is 0 Å². The summed E-state index contributed by atoms with van der Waals surface area (Å²) in [4.78, 5) is 33.2. The van der Waals surface area contributed by atoms with Crippen LogP contribution in [0.1, 0.15) is 81.0 Å². The molecule has 5 aromatic heterocycles. The number of ether oxygens (including phenoxy) is 4. The second-order valence-electron chi connectivity index (χ2n) is 32.0. The van der Waals surface area contributed by atoms with Crippen LogP contribution in [0.15, 0.2) is 413 Å². The van der Waals surface area contributed by atoms with Crippen molar-refractivity contribution < 1.29 is 58.9 Å². The van der Waals surface area contributed by atoms with Crippen molar-refractivity contribution in [2.24, 2.45) is 21.1 Å². The van der Waals surface area contributed by atoms with Gasteiger partial charge in [-0.1, -0.05) is 107 Å². The fourth-order valence-corrected chi connectivity index (χ4v) is 15.0. The number of pyridine rings is 1. The lowest BCUT2D eigenvalue weighted by atomic mass is 9.98. The number of aromatic amines is 1. The maximum Gasteiger partial charge on any atom is 0.573 e. The molecule has 0 unspecified atom stereocenters. The molecule has 10 heterocycles. The third kappa shape index (κ3) is 27.1. The number of rotatable bonds is 19. The average molecular weight is 1900 g/mol. The molecule has 716 valence electrons. The van der Waals surface area contributed by atoms with E-state index < -0.39 is 12.7 Å². The monoisotopic (exact) mass is 1900 g/mol. The van der Waals surface area contributed by atoms with Crippen LogP contribution in [-0.2, 0) is 25.9 Å². The Morgan fingerprint density at radius 1 is 0.407 bits per heavy atom. The lowest BCUT2D eigenvalue weighted by Gasteiger charge is -2.28. The molecule has 2 N–H and O–H groups in total. The van der Waals surface area contributed by atoms with Gasteiger partial charge in [-0.3, -0.25) is 33.3 Å². The molecule has 0 bridgehead atoms. The normalized spacial score (nSPS) is 13.8. The number of H-pyrrole nitrogens is 1. The van der Waals surface area contributed by atoms with Crippen LogP contribution < -0.4 is 54.3 Å². The summed E-state index contributed by atoms with van der Waals surface area (Å²) in [7, 11) is 5.69. The summed E-state index contributed by atoms with van der Waals surface area (Å²) in [5.41, 5.74) is 26.2. The highest BCUT2D eigenvalue weighted by Crippen LogP contribution is 2.41. The fourth-order valence-electron chi connectivity index (χ4n) is 15.0. The van der Waals surface area contributed by atoms with Gasteiger partial charge in [0.05, 0.1) is 43.7 Å². The van der Waals surface area contributed by atoms with Gasteiger partial charge in [-0.25, -0.2) is 8.78 Å². The first-order chi connectivity index (χ1) is 66.5.